The van der Waals surface area contributed by atoms with E-state index >= 15 is 0 Å². The molecule has 2 amide bonds. The van der Waals surface area contributed by atoms with Crippen molar-refractivity contribution in [2.24, 2.45) is 0 Å². The second-order valence-corrected chi connectivity index (χ2v) is 8.22. The van der Waals surface area contributed by atoms with Gasteiger partial charge >= 0.3 is 11.9 Å². The summed E-state index contributed by atoms with van der Waals surface area (Å²) >= 11 is 0. The van der Waals surface area contributed by atoms with Crippen LogP contribution in [0.2, 0.25) is 0 Å². The van der Waals surface area contributed by atoms with Crippen molar-refractivity contribution in [3.63, 3.8) is 0 Å². The minimum Gasteiger partial charge on any atom is -0.478 e. The second kappa shape index (κ2) is 12.2. The fraction of sp³-hybridized carbons (Fsp3) is 0. The van der Waals surface area contributed by atoms with E-state index in [1.54, 1.807) is 0 Å². The third-order valence-corrected chi connectivity index (χ3v) is 5.81. The van der Waals surface area contributed by atoms with Gasteiger partial charge in [-0.15, -0.1) is 38.5 Å². The van der Waals surface area contributed by atoms with E-state index in [2.05, 4.69) is 46.2 Å². The van der Waals surface area contributed by atoms with E-state index < -0.39 is 46.0 Å². The lowest BCUT2D eigenvalue weighted by Crippen LogP contribution is -2.22. The van der Waals surface area contributed by atoms with Gasteiger partial charge < -0.3 is 20.8 Å². The zero-order chi connectivity index (χ0) is 31.1. The number of benzene rings is 3. The lowest BCUT2D eigenvalue weighted by atomic mass is 9.96. The molecule has 0 saturated heterocycles. The molecule has 0 atom stereocenters. The van der Waals surface area contributed by atoms with Gasteiger partial charge in [0.2, 0.25) is 0 Å². The van der Waals surface area contributed by atoms with E-state index in [4.69, 9.17) is 38.5 Å². The van der Waals surface area contributed by atoms with Crippen LogP contribution in [0, 0.1) is 74.1 Å². The largest absolute Gasteiger partial charge is 0.478 e. The van der Waals surface area contributed by atoms with E-state index in [1.807, 2.05) is 0 Å². The molecule has 8 nitrogen and oxygen atoms in total. The standard InChI is InChI=1S/C34H16N2O6/c1-7-19-13-23(14-20(8-2)25(19)11-5)35-31(37)27-17-30(34(41)42)28(18-29(27)33(39)40)32(38)36-24-15-21(9-3)26(12-6)22(10-4)16-24/h1-6,13-18H,(H,35,37)(H,36,38)(H,39,40)(H,41,42). The van der Waals surface area contributed by atoms with Gasteiger partial charge in [-0.05, 0) is 36.4 Å². The smallest absolute Gasteiger partial charge is 0.336 e. The molecule has 0 radical (unpaired) electrons. The number of hydrogen-bond donors (Lipinski definition) is 4. The first-order valence-electron chi connectivity index (χ1n) is 11.5. The highest BCUT2D eigenvalue weighted by atomic mass is 16.4. The third kappa shape index (κ3) is 5.66. The first-order chi connectivity index (χ1) is 20.0. The number of amides is 2. The highest BCUT2D eigenvalue weighted by Crippen LogP contribution is 2.25. The molecule has 0 aromatic heterocycles. The summed E-state index contributed by atoms with van der Waals surface area (Å²) in [5.74, 6) is 8.85. The topological polar surface area (TPSA) is 133 Å². The first kappa shape index (κ1) is 29.5. The minimum atomic E-state index is -1.62. The van der Waals surface area contributed by atoms with Gasteiger partial charge in [-0.2, -0.15) is 0 Å². The molecule has 4 N–H and O–H groups in total. The molecule has 0 aliphatic rings. The number of terminal acetylenes is 6. The number of aromatic carboxylic acids is 2. The molecule has 3 aromatic rings. The van der Waals surface area contributed by atoms with Crippen LogP contribution >= 0.6 is 0 Å². The molecule has 3 aromatic carbocycles. The van der Waals surface area contributed by atoms with Crippen LogP contribution in [0.15, 0.2) is 36.4 Å². The highest BCUT2D eigenvalue weighted by Gasteiger charge is 2.26. The van der Waals surface area contributed by atoms with Crippen molar-refractivity contribution in [2.45, 2.75) is 0 Å². The van der Waals surface area contributed by atoms with Crippen molar-refractivity contribution >= 4 is 35.1 Å². The molecule has 0 bridgehead atoms. The second-order valence-electron chi connectivity index (χ2n) is 8.22. The molecule has 198 valence electrons. The number of anilines is 2. The van der Waals surface area contributed by atoms with Gasteiger partial charge in [-0.3, -0.25) is 9.59 Å². The van der Waals surface area contributed by atoms with Crippen molar-refractivity contribution in [1.29, 1.82) is 0 Å². The highest BCUT2D eigenvalue weighted by molar-refractivity contribution is 6.16. The van der Waals surface area contributed by atoms with Crippen molar-refractivity contribution in [3.05, 3.63) is 92.0 Å². The Bertz CT molecular complexity index is 1770. The Morgan fingerprint density at radius 2 is 0.762 bits per heavy atom. The zero-order valence-electron chi connectivity index (χ0n) is 21.5. The molecule has 42 heavy (non-hydrogen) atoms. The molecule has 0 saturated carbocycles. The number of rotatable bonds is 6. The van der Waals surface area contributed by atoms with Gasteiger partial charge in [0.1, 0.15) is 0 Å². The molecule has 0 aliphatic carbocycles. The molecule has 0 spiro atoms. The Labute approximate surface area is 241 Å². The van der Waals surface area contributed by atoms with Crippen LogP contribution in [-0.2, 0) is 0 Å². The van der Waals surface area contributed by atoms with Gasteiger partial charge in [0.25, 0.3) is 11.8 Å². The predicted molar refractivity (Wildman–Crippen MR) is 157 cm³/mol. The fourth-order valence-electron chi connectivity index (χ4n) is 3.92. The summed E-state index contributed by atoms with van der Waals surface area (Å²) in [7, 11) is 0. The summed E-state index contributed by atoms with van der Waals surface area (Å²) in [5, 5.41) is 24.5. The van der Waals surface area contributed by atoms with E-state index in [0.717, 1.165) is 12.1 Å². The Morgan fingerprint density at radius 1 is 0.476 bits per heavy atom. The average molecular weight is 549 g/mol. The SMILES string of the molecule is C#Cc1cc(NC(=O)c2cc(C(=O)O)c(C(=O)Nc3cc(C#C)c(C#C)c(C#C)c3)cc2C(=O)O)cc(C#C)c1C#C. The fourth-order valence-corrected chi connectivity index (χ4v) is 3.92. The van der Waals surface area contributed by atoms with Crippen LogP contribution < -0.4 is 10.6 Å². The van der Waals surface area contributed by atoms with Crippen LogP contribution in [0.3, 0.4) is 0 Å². The maximum atomic E-state index is 13.2. The Hall–Kier alpha value is -7.10. The van der Waals surface area contributed by atoms with Crippen molar-refractivity contribution in [2.75, 3.05) is 10.6 Å². The average Bonchev–Trinajstić information content (AvgIpc) is 2.98. The molecule has 0 aliphatic heterocycles. The zero-order valence-corrected chi connectivity index (χ0v) is 21.5. The monoisotopic (exact) mass is 548 g/mol. The van der Waals surface area contributed by atoms with Crippen molar-refractivity contribution in [3.8, 4) is 74.1 Å². The number of carbonyl (C=O) groups excluding carboxylic acids is 2. The summed E-state index contributed by atoms with van der Waals surface area (Å²) in [4.78, 5) is 50.6. The molecular weight excluding hydrogens is 532 g/mol. The van der Waals surface area contributed by atoms with Crippen molar-refractivity contribution in [1.82, 2.24) is 0 Å². The number of carboxylic acids is 2. The normalized spacial score (nSPS) is 9.38. The predicted octanol–water partition coefficient (Wildman–Crippen LogP) is 3.48. The minimum absolute atomic E-state index is 0.0685. The third-order valence-electron chi connectivity index (χ3n) is 5.81. The van der Waals surface area contributed by atoms with Crippen molar-refractivity contribution < 1.29 is 29.4 Å². The number of carboxylic acid groups (broad SMARTS) is 2. The lowest BCUT2D eigenvalue weighted by molar-refractivity contribution is 0.0677. The molecule has 0 heterocycles. The van der Waals surface area contributed by atoms with Crippen LogP contribution in [0.4, 0.5) is 11.4 Å². The number of hydrogen-bond acceptors (Lipinski definition) is 4. The van der Waals surface area contributed by atoms with Gasteiger partial charge in [0.05, 0.1) is 33.4 Å². The maximum Gasteiger partial charge on any atom is 0.336 e. The quantitative estimate of drug-likeness (QED) is 0.349. The number of carbonyl (C=O) groups is 4. The summed E-state index contributed by atoms with van der Waals surface area (Å²) < 4.78 is 0. The van der Waals surface area contributed by atoms with E-state index in [9.17, 15) is 29.4 Å². The first-order valence-corrected chi connectivity index (χ1v) is 11.5. The molecular formula is C34H16N2O6. The lowest BCUT2D eigenvalue weighted by Gasteiger charge is -2.14. The van der Waals surface area contributed by atoms with Gasteiger partial charge in [-0.25, -0.2) is 9.59 Å². The number of nitrogens with one attached hydrogen (secondary N) is 2. The Balaban J connectivity index is 2.11. The van der Waals surface area contributed by atoms with Crippen LogP contribution in [0.5, 0.6) is 0 Å². The van der Waals surface area contributed by atoms with Gasteiger partial charge in [-0.1, -0.05) is 35.5 Å². The van der Waals surface area contributed by atoms with Crippen LogP contribution in [-0.4, -0.2) is 34.0 Å². The molecule has 0 fully saturated rings. The summed E-state index contributed by atoms with van der Waals surface area (Å²) in [5.41, 5.74) is -1.09. The van der Waals surface area contributed by atoms with E-state index in [1.165, 1.54) is 24.3 Å². The Kier molecular flexibility index (Phi) is 8.54. The van der Waals surface area contributed by atoms with E-state index in [0.29, 0.717) is 0 Å². The molecule has 0 unspecified atom stereocenters. The van der Waals surface area contributed by atoms with Gasteiger partial charge in [0.15, 0.2) is 0 Å². The van der Waals surface area contributed by atoms with E-state index in [-0.39, 0.29) is 44.8 Å². The maximum absolute atomic E-state index is 13.2. The van der Waals surface area contributed by atoms with Gasteiger partial charge in [0, 0.05) is 33.6 Å². The van der Waals surface area contributed by atoms with Crippen LogP contribution in [0.1, 0.15) is 74.8 Å². The summed E-state index contributed by atoms with van der Waals surface area (Å²) in [6.45, 7) is 0. The molecule has 8 heteroatoms. The summed E-state index contributed by atoms with van der Waals surface area (Å²) in [6.07, 6.45) is 32.9. The van der Waals surface area contributed by atoms with Crippen LogP contribution in [0.25, 0.3) is 0 Å². The molecule has 3 rings (SSSR count). The summed E-state index contributed by atoms with van der Waals surface area (Å²) in [6, 6.07) is 6.89. The Morgan fingerprint density at radius 3 is 0.976 bits per heavy atom.